The second-order valence-electron chi connectivity index (χ2n) is 17.0. The fourth-order valence-electron chi connectivity index (χ4n) is 7.08. The van der Waals surface area contributed by atoms with Gasteiger partial charge in [0, 0.05) is 52.8 Å². The monoisotopic (exact) mass is 935 g/mol. The number of pyridine rings is 1. The van der Waals surface area contributed by atoms with Gasteiger partial charge in [-0.3, -0.25) is 9.78 Å². The predicted molar refractivity (Wildman–Crippen MR) is 232 cm³/mol. The van der Waals surface area contributed by atoms with Crippen LogP contribution in [0, 0.1) is 29.7 Å². The third-order valence-corrected chi connectivity index (χ3v) is 12.8. The number of benzene rings is 3. The zero-order valence-electron chi connectivity index (χ0n) is 35.0. The number of aliphatic hydroxyl groups excluding tert-OH is 1. The first-order valence-electron chi connectivity index (χ1n) is 19.8. The minimum Gasteiger partial charge on any atom is -0.512 e. The van der Waals surface area contributed by atoms with Gasteiger partial charge in [-0.1, -0.05) is 124 Å². The number of carbonyl (C=O) groups is 1. The maximum atomic E-state index is 12.2. The summed E-state index contributed by atoms with van der Waals surface area (Å²) in [6.07, 6.45) is 7.68. The van der Waals surface area contributed by atoms with Gasteiger partial charge in [0.2, 0.25) is 5.71 Å². The number of nitrogens with zero attached hydrogens (tertiary/aromatic N) is 1. The van der Waals surface area contributed by atoms with Crippen molar-refractivity contribution in [1.82, 2.24) is 4.98 Å². The Labute approximate surface area is 347 Å². The summed E-state index contributed by atoms with van der Waals surface area (Å²) in [5, 5.41) is 17.3. The summed E-state index contributed by atoms with van der Waals surface area (Å²) in [5.74, 6) is 0.929. The van der Waals surface area contributed by atoms with E-state index in [-0.39, 0.29) is 47.9 Å². The average Bonchev–Trinajstić information content (AvgIpc) is 3.74. The van der Waals surface area contributed by atoms with E-state index in [0.717, 1.165) is 65.3 Å². The normalized spacial score (nSPS) is 12.6. The number of carbonyl (C=O) groups excluding carboxylic acids is 1. The van der Waals surface area contributed by atoms with Crippen LogP contribution in [0.1, 0.15) is 119 Å². The maximum Gasteiger partial charge on any atom is 0.219 e. The molecule has 3 aromatic carbocycles. The third kappa shape index (κ3) is 9.36. The largest absolute Gasteiger partial charge is 0.512 e. The molecule has 0 aliphatic rings. The van der Waals surface area contributed by atoms with E-state index in [2.05, 4.69) is 108 Å². The van der Waals surface area contributed by atoms with Crippen LogP contribution in [-0.4, -0.2) is 15.9 Å². The van der Waals surface area contributed by atoms with Crippen molar-refractivity contribution in [1.29, 1.82) is 0 Å². The second kappa shape index (κ2) is 17.7. The SMILES string of the molecule is CCC(C)(CC)C(=O)/C=C(\O)C(C)(CC)CC.Cc1coc2nc(-c3[c-]c4ccccc4c(C(C)(C)C)c3)cc(-c3ccc4c(CC(C)C)csc4c3)c12.[Ir]. The maximum absolute atomic E-state index is 12.2. The molecule has 4 nitrogen and oxygen atoms in total. The van der Waals surface area contributed by atoms with Crippen molar-refractivity contribution in [2.45, 2.75) is 121 Å². The van der Waals surface area contributed by atoms with Gasteiger partial charge in [-0.25, -0.2) is 0 Å². The summed E-state index contributed by atoms with van der Waals surface area (Å²) < 4.78 is 7.30. The zero-order chi connectivity index (χ0) is 39.6. The first-order chi connectivity index (χ1) is 25.5. The van der Waals surface area contributed by atoms with E-state index >= 15 is 0 Å². The van der Waals surface area contributed by atoms with Crippen LogP contribution in [-0.2, 0) is 36.7 Å². The van der Waals surface area contributed by atoms with Crippen LogP contribution in [0.5, 0.6) is 0 Å². The molecule has 0 aliphatic heterocycles. The zero-order valence-corrected chi connectivity index (χ0v) is 38.2. The number of aromatic nitrogens is 1. The Morgan fingerprint density at radius 2 is 1.56 bits per heavy atom. The molecule has 0 amide bonds. The number of rotatable bonds is 11. The van der Waals surface area contributed by atoms with Crippen molar-refractivity contribution in [2.75, 3.05) is 0 Å². The summed E-state index contributed by atoms with van der Waals surface area (Å²) in [4.78, 5) is 17.2. The molecule has 0 fully saturated rings. The van der Waals surface area contributed by atoms with Gasteiger partial charge in [-0.05, 0) is 89.4 Å². The molecule has 3 aromatic heterocycles. The van der Waals surface area contributed by atoms with Gasteiger partial charge in [0.05, 0.1) is 6.26 Å². The van der Waals surface area contributed by atoms with Crippen molar-refractivity contribution in [2.24, 2.45) is 16.7 Å². The number of aryl methyl sites for hydroxylation is 1. The molecule has 0 aliphatic carbocycles. The van der Waals surface area contributed by atoms with E-state index in [1.807, 2.05) is 59.1 Å². The molecular formula is C49H60IrNO3S-. The Balaban J connectivity index is 0.000000320. The minimum absolute atomic E-state index is 0. The second-order valence-corrected chi connectivity index (χ2v) is 18.0. The van der Waals surface area contributed by atoms with Gasteiger partial charge >= 0.3 is 0 Å². The third-order valence-electron chi connectivity index (χ3n) is 11.8. The van der Waals surface area contributed by atoms with E-state index in [4.69, 9.17) is 9.40 Å². The fraction of sp³-hybridized carbons (Fsp3) is 0.429. The molecule has 6 rings (SSSR count). The Hall–Kier alpha value is -3.57. The van der Waals surface area contributed by atoms with Crippen LogP contribution in [0.3, 0.4) is 0 Å². The molecule has 0 unspecified atom stereocenters. The van der Waals surface area contributed by atoms with E-state index in [0.29, 0.717) is 11.6 Å². The average molecular weight is 935 g/mol. The minimum atomic E-state index is -0.337. The van der Waals surface area contributed by atoms with Crippen molar-refractivity contribution < 1.29 is 34.4 Å². The van der Waals surface area contributed by atoms with Crippen molar-refractivity contribution >= 4 is 49.1 Å². The van der Waals surface area contributed by atoms with Crippen LogP contribution in [0.4, 0.5) is 0 Å². The van der Waals surface area contributed by atoms with Gasteiger partial charge in [-0.2, -0.15) is 0 Å². The van der Waals surface area contributed by atoms with E-state index in [1.54, 1.807) is 0 Å². The molecule has 3 heterocycles. The van der Waals surface area contributed by atoms with Crippen molar-refractivity contribution in [3.05, 3.63) is 101 Å². The van der Waals surface area contributed by atoms with Gasteiger partial charge in [0.1, 0.15) is 5.76 Å². The van der Waals surface area contributed by atoms with Crippen LogP contribution in [0.25, 0.3) is 54.3 Å². The van der Waals surface area contributed by atoms with E-state index in [1.165, 1.54) is 38.2 Å². The molecule has 1 N–H and O–H groups in total. The Morgan fingerprint density at radius 1 is 0.909 bits per heavy atom. The smallest absolute Gasteiger partial charge is 0.219 e. The molecule has 0 saturated carbocycles. The summed E-state index contributed by atoms with van der Waals surface area (Å²) in [7, 11) is 0. The predicted octanol–water partition coefficient (Wildman–Crippen LogP) is 14.8. The standard InChI is InChI=1S/C34H32NOS.C15H28O2.Ir/c1-20(2)13-25-19-37-31-16-23(11-12-27(25)31)28-17-30(35-33-32(28)21(3)18-36-33)24-14-22-9-7-8-10-26(22)29(15-24)34(4,5)6;1-7-14(5,8-2)12(16)11-13(17)15(6,9-3)10-4;/h7-12,15-20H,13H2,1-6H3;11,16H,7-10H2,1-6H3;/q-1;;/b;12-11-;. The molecule has 0 saturated heterocycles. The summed E-state index contributed by atoms with van der Waals surface area (Å²) in [6.45, 7) is 25.5. The number of thiophene rings is 1. The number of hydrogen-bond donors (Lipinski definition) is 1. The van der Waals surface area contributed by atoms with E-state index in [9.17, 15) is 9.90 Å². The molecule has 55 heavy (non-hydrogen) atoms. The van der Waals surface area contributed by atoms with E-state index < -0.39 is 0 Å². The van der Waals surface area contributed by atoms with Crippen molar-refractivity contribution in [3.63, 3.8) is 0 Å². The van der Waals surface area contributed by atoms with Gasteiger partial charge in [-0.15, -0.1) is 40.5 Å². The molecule has 6 aromatic rings. The summed E-state index contributed by atoms with van der Waals surface area (Å²) in [6, 6.07) is 23.5. The summed E-state index contributed by atoms with van der Waals surface area (Å²) >= 11 is 1.84. The van der Waals surface area contributed by atoms with Gasteiger partial charge in [0.25, 0.3) is 0 Å². The number of hydrogen-bond acceptors (Lipinski definition) is 5. The molecular weight excluding hydrogens is 875 g/mol. The number of aliphatic hydroxyl groups is 1. The van der Waals surface area contributed by atoms with Crippen LogP contribution < -0.4 is 0 Å². The first-order valence-corrected chi connectivity index (χ1v) is 20.7. The molecule has 0 bridgehead atoms. The topological polar surface area (TPSA) is 63.3 Å². The quantitative estimate of drug-likeness (QED) is 0.0799. The van der Waals surface area contributed by atoms with Crippen LogP contribution in [0.15, 0.2) is 82.5 Å². The summed E-state index contributed by atoms with van der Waals surface area (Å²) in [5.41, 5.74) is 8.16. The Bertz CT molecular complexity index is 2290. The van der Waals surface area contributed by atoms with Crippen LogP contribution >= 0.6 is 11.3 Å². The number of furan rings is 1. The number of fused-ring (bicyclic) bond motifs is 3. The number of ketones is 1. The number of allylic oxidation sites excluding steroid dienone is 2. The van der Waals surface area contributed by atoms with Gasteiger partial charge in [0.15, 0.2) is 5.78 Å². The van der Waals surface area contributed by atoms with Gasteiger partial charge < -0.3 is 9.52 Å². The Morgan fingerprint density at radius 3 is 2.18 bits per heavy atom. The Kier molecular flexibility index (Phi) is 14.2. The molecule has 295 valence electrons. The molecule has 1 radical (unpaired) electrons. The molecule has 0 spiro atoms. The molecule has 0 atom stereocenters. The van der Waals surface area contributed by atoms with Crippen LogP contribution in [0.2, 0.25) is 0 Å². The molecule has 6 heteroatoms. The van der Waals surface area contributed by atoms with Crippen molar-refractivity contribution in [3.8, 4) is 22.4 Å². The first kappa shape index (κ1) is 44.1. The fourth-order valence-corrected chi connectivity index (χ4v) is 8.09.